The fraction of sp³-hybridized carbons (Fsp3) is 0.609. The number of ether oxygens (including phenoxy) is 1. The van der Waals surface area contributed by atoms with Crippen LogP contribution in [0.15, 0.2) is 29.4 Å². The Hall–Kier alpha value is -2.02. The van der Waals surface area contributed by atoms with Gasteiger partial charge in [-0.1, -0.05) is 57.5 Å². The van der Waals surface area contributed by atoms with Crippen LogP contribution in [-0.2, 0) is 16.6 Å². The molecule has 7 heteroatoms. The zero-order valence-corrected chi connectivity index (χ0v) is 19.4. The molecule has 0 unspecified atom stereocenters. The van der Waals surface area contributed by atoms with E-state index < -0.39 is 0 Å². The van der Waals surface area contributed by atoms with Gasteiger partial charge in [-0.25, -0.2) is 0 Å². The summed E-state index contributed by atoms with van der Waals surface area (Å²) in [5.41, 5.74) is 1.35. The molecule has 1 heterocycles. The molecule has 3 rings (SSSR count). The summed E-state index contributed by atoms with van der Waals surface area (Å²) < 4.78 is 7.94. The first-order chi connectivity index (χ1) is 14.4. The maximum absolute atomic E-state index is 12.1. The highest BCUT2D eigenvalue weighted by molar-refractivity contribution is 7.98. The van der Waals surface area contributed by atoms with Crippen molar-refractivity contribution in [3.63, 3.8) is 0 Å². The van der Waals surface area contributed by atoms with Gasteiger partial charge in [0.15, 0.2) is 11.8 Å². The van der Waals surface area contributed by atoms with E-state index in [1.165, 1.54) is 31.2 Å². The molecule has 30 heavy (non-hydrogen) atoms. The van der Waals surface area contributed by atoms with Gasteiger partial charge >= 0.3 is 0 Å². The number of nitrogens with one attached hydrogen (secondary N) is 1. The molecule has 0 atom stereocenters. The standard InChI is InChI=1S/C23H34N4O2S/c1-23(2,3)17-11-13-19(14-12-17)29-16-21(28)24-15-7-10-20-25-26-22(30-4)27(20)18-8-5-6-9-18/h11-14,18H,5-10,15-16H2,1-4H3,(H,24,28). The first-order valence-electron chi connectivity index (χ1n) is 10.9. The topological polar surface area (TPSA) is 69.0 Å². The summed E-state index contributed by atoms with van der Waals surface area (Å²) in [6.07, 6.45) is 8.70. The van der Waals surface area contributed by atoms with E-state index in [0.717, 1.165) is 23.8 Å². The van der Waals surface area contributed by atoms with Crippen molar-refractivity contribution in [2.24, 2.45) is 0 Å². The number of aryl methyl sites for hydroxylation is 1. The third kappa shape index (κ3) is 6.00. The summed E-state index contributed by atoms with van der Waals surface area (Å²) in [5.74, 6) is 1.65. The molecule has 1 saturated carbocycles. The molecule has 1 aromatic heterocycles. The zero-order valence-electron chi connectivity index (χ0n) is 18.6. The van der Waals surface area contributed by atoms with Gasteiger partial charge in [0.2, 0.25) is 0 Å². The lowest BCUT2D eigenvalue weighted by Crippen LogP contribution is -2.30. The summed E-state index contributed by atoms with van der Waals surface area (Å²) in [7, 11) is 0. The fourth-order valence-corrected chi connectivity index (χ4v) is 4.45. The van der Waals surface area contributed by atoms with Crippen molar-refractivity contribution in [1.82, 2.24) is 20.1 Å². The number of nitrogens with zero attached hydrogens (tertiary/aromatic N) is 3. The van der Waals surface area contributed by atoms with Gasteiger partial charge in [-0.2, -0.15) is 0 Å². The van der Waals surface area contributed by atoms with Crippen LogP contribution in [0.2, 0.25) is 0 Å². The molecule has 1 amide bonds. The van der Waals surface area contributed by atoms with Crippen molar-refractivity contribution < 1.29 is 9.53 Å². The Morgan fingerprint density at radius 3 is 2.53 bits per heavy atom. The minimum atomic E-state index is -0.100. The smallest absolute Gasteiger partial charge is 0.257 e. The number of hydrogen-bond acceptors (Lipinski definition) is 5. The number of carbonyl (C=O) groups is 1. The lowest BCUT2D eigenvalue weighted by Gasteiger charge is -2.19. The van der Waals surface area contributed by atoms with E-state index in [4.69, 9.17) is 4.74 Å². The molecule has 6 nitrogen and oxygen atoms in total. The minimum Gasteiger partial charge on any atom is -0.484 e. The molecular formula is C23H34N4O2S. The Bertz CT molecular complexity index is 821. The van der Waals surface area contributed by atoms with Gasteiger partial charge < -0.3 is 14.6 Å². The van der Waals surface area contributed by atoms with Crippen molar-refractivity contribution in [3.05, 3.63) is 35.7 Å². The normalized spacial score (nSPS) is 14.8. The first-order valence-corrected chi connectivity index (χ1v) is 12.1. The molecule has 1 N–H and O–H groups in total. The largest absolute Gasteiger partial charge is 0.484 e. The van der Waals surface area contributed by atoms with Crippen LogP contribution in [0.1, 0.15) is 70.3 Å². The number of carbonyl (C=O) groups excluding carboxylic acids is 1. The summed E-state index contributed by atoms with van der Waals surface area (Å²) >= 11 is 1.66. The average Bonchev–Trinajstić information content (AvgIpc) is 3.38. The fourth-order valence-electron chi connectivity index (χ4n) is 3.87. The van der Waals surface area contributed by atoms with Crippen molar-refractivity contribution in [2.45, 2.75) is 75.9 Å². The lowest BCUT2D eigenvalue weighted by molar-refractivity contribution is -0.123. The average molecular weight is 431 g/mol. The highest BCUT2D eigenvalue weighted by atomic mass is 32.2. The van der Waals surface area contributed by atoms with E-state index in [-0.39, 0.29) is 17.9 Å². The number of benzene rings is 1. The number of hydrogen-bond donors (Lipinski definition) is 1. The quantitative estimate of drug-likeness (QED) is 0.467. The molecule has 0 spiro atoms. The van der Waals surface area contributed by atoms with E-state index in [9.17, 15) is 4.79 Å². The Kier molecular flexibility index (Phi) is 7.81. The summed E-state index contributed by atoms with van der Waals surface area (Å²) in [4.78, 5) is 12.1. The van der Waals surface area contributed by atoms with Gasteiger partial charge in [-0.15, -0.1) is 10.2 Å². The zero-order chi connectivity index (χ0) is 21.6. The predicted molar refractivity (Wildman–Crippen MR) is 121 cm³/mol. The third-order valence-electron chi connectivity index (χ3n) is 5.60. The van der Waals surface area contributed by atoms with Crippen LogP contribution in [0.25, 0.3) is 0 Å². The summed E-state index contributed by atoms with van der Waals surface area (Å²) in [6.45, 7) is 7.17. The molecule has 2 aromatic rings. The van der Waals surface area contributed by atoms with E-state index in [1.54, 1.807) is 11.8 Å². The van der Waals surface area contributed by atoms with Gasteiger partial charge in [-0.05, 0) is 48.6 Å². The molecule has 0 bridgehead atoms. The summed E-state index contributed by atoms with van der Waals surface area (Å²) in [6, 6.07) is 8.48. The number of aromatic nitrogens is 3. The van der Waals surface area contributed by atoms with E-state index in [2.05, 4.69) is 59.2 Å². The van der Waals surface area contributed by atoms with E-state index in [0.29, 0.717) is 18.3 Å². The van der Waals surface area contributed by atoms with Crippen LogP contribution in [0.5, 0.6) is 5.75 Å². The maximum Gasteiger partial charge on any atom is 0.257 e. The minimum absolute atomic E-state index is 0.0315. The number of thioether (sulfide) groups is 1. The Morgan fingerprint density at radius 2 is 1.90 bits per heavy atom. The van der Waals surface area contributed by atoms with Gasteiger partial charge in [-0.3, -0.25) is 4.79 Å². The van der Waals surface area contributed by atoms with Crippen LogP contribution in [-0.4, -0.2) is 40.1 Å². The third-order valence-corrected chi connectivity index (χ3v) is 6.24. The second-order valence-corrected chi connectivity index (χ2v) is 9.70. The second kappa shape index (κ2) is 10.3. The Labute approximate surface area is 184 Å². The molecule has 1 aliphatic rings. The SMILES string of the molecule is CSc1nnc(CCCNC(=O)COc2ccc(C(C)(C)C)cc2)n1C1CCCC1. The van der Waals surface area contributed by atoms with Crippen molar-refractivity contribution in [3.8, 4) is 5.75 Å². The number of amides is 1. The van der Waals surface area contributed by atoms with Gasteiger partial charge in [0.1, 0.15) is 11.6 Å². The van der Waals surface area contributed by atoms with Crippen LogP contribution in [0.4, 0.5) is 0 Å². The monoisotopic (exact) mass is 430 g/mol. The summed E-state index contributed by atoms with van der Waals surface area (Å²) in [5, 5.41) is 12.7. The lowest BCUT2D eigenvalue weighted by atomic mass is 9.87. The van der Waals surface area contributed by atoms with E-state index >= 15 is 0 Å². The van der Waals surface area contributed by atoms with Crippen LogP contribution >= 0.6 is 11.8 Å². The predicted octanol–water partition coefficient (Wildman–Crippen LogP) is 4.54. The maximum atomic E-state index is 12.1. The Morgan fingerprint density at radius 1 is 1.20 bits per heavy atom. The van der Waals surface area contributed by atoms with Crippen LogP contribution < -0.4 is 10.1 Å². The highest BCUT2D eigenvalue weighted by Crippen LogP contribution is 2.33. The van der Waals surface area contributed by atoms with Crippen LogP contribution in [0, 0.1) is 0 Å². The molecule has 1 aliphatic carbocycles. The Balaban J connectivity index is 1.41. The van der Waals surface area contributed by atoms with Crippen LogP contribution in [0.3, 0.4) is 0 Å². The van der Waals surface area contributed by atoms with Gasteiger partial charge in [0.05, 0.1) is 0 Å². The highest BCUT2D eigenvalue weighted by Gasteiger charge is 2.23. The molecule has 1 aromatic carbocycles. The van der Waals surface area contributed by atoms with E-state index in [1.807, 2.05) is 12.1 Å². The molecule has 164 valence electrons. The first kappa shape index (κ1) is 22.7. The van der Waals surface area contributed by atoms with Gasteiger partial charge in [0.25, 0.3) is 5.91 Å². The molecule has 1 fully saturated rings. The molecule has 0 radical (unpaired) electrons. The van der Waals surface area contributed by atoms with Crippen molar-refractivity contribution in [2.75, 3.05) is 19.4 Å². The molecular weight excluding hydrogens is 396 g/mol. The molecule has 0 aliphatic heterocycles. The molecule has 0 saturated heterocycles. The number of rotatable bonds is 9. The van der Waals surface area contributed by atoms with Crippen molar-refractivity contribution >= 4 is 17.7 Å². The second-order valence-electron chi connectivity index (χ2n) is 8.93. The van der Waals surface area contributed by atoms with Gasteiger partial charge in [0, 0.05) is 19.0 Å². The van der Waals surface area contributed by atoms with Crippen molar-refractivity contribution in [1.29, 1.82) is 0 Å².